The summed E-state index contributed by atoms with van der Waals surface area (Å²) in [5.41, 5.74) is 0.273. The Morgan fingerprint density at radius 2 is 2.00 bits per heavy atom. The van der Waals surface area contributed by atoms with Crippen LogP contribution in [-0.4, -0.2) is 38.5 Å². The molecule has 0 saturated heterocycles. The van der Waals surface area contributed by atoms with Gasteiger partial charge in [-0.3, -0.25) is 18.8 Å². The zero-order valence-electron chi connectivity index (χ0n) is 14.1. The molecule has 0 spiro atoms. The largest absolute Gasteiger partial charge is 0.490 e. The molecule has 0 atom stereocenters. The number of hydrogen-bond donors (Lipinski definition) is 0. The molecule has 3 aromatic rings. The van der Waals surface area contributed by atoms with Gasteiger partial charge in [-0.25, -0.2) is 4.98 Å². The molecule has 2 heterocycles. The van der Waals surface area contributed by atoms with Crippen molar-refractivity contribution < 1.29 is 14.3 Å². The molecule has 2 aromatic heterocycles. The van der Waals surface area contributed by atoms with Gasteiger partial charge >= 0.3 is 5.97 Å². The fraction of sp³-hybridized carbons (Fsp3) is 0.294. The highest BCUT2D eigenvalue weighted by Crippen LogP contribution is 2.15. The van der Waals surface area contributed by atoms with Crippen molar-refractivity contribution in [3.63, 3.8) is 0 Å². The molecule has 0 aliphatic heterocycles. The van der Waals surface area contributed by atoms with Gasteiger partial charge in [-0.15, -0.1) is 0 Å². The van der Waals surface area contributed by atoms with Crippen LogP contribution < -0.4 is 10.3 Å². The SMILES string of the molecule is Cn1ncc2c(=O)n(CCC(=O)OCCOc3ccc(Cl)cc3)cnc21. The second-order valence-electron chi connectivity index (χ2n) is 5.52. The maximum atomic E-state index is 12.3. The number of halogens is 1. The zero-order chi connectivity index (χ0) is 18.5. The number of aryl methyl sites for hydroxylation is 2. The smallest absolute Gasteiger partial charge is 0.307 e. The molecule has 136 valence electrons. The lowest BCUT2D eigenvalue weighted by Crippen LogP contribution is -2.23. The number of carbonyl (C=O) groups excluding carboxylic acids is 1. The monoisotopic (exact) mass is 376 g/mol. The minimum atomic E-state index is -0.414. The first-order valence-electron chi connectivity index (χ1n) is 7.96. The highest BCUT2D eigenvalue weighted by molar-refractivity contribution is 6.30. The van der Waals surface area contributed by atoms with Crippen LogP contribution in [0.25, 0.3) is 11.0 Å². The van der Waals surface area contributed by atoms with Crippen molar-refractivity contribution in [2.45, 2.75) is 13.0 Å². The normalized spacial score (nSPS) is 10.8. The summed E-state index contributed by atoms with van der Waals surface area (Å²) in [4.78, 5) is 28.3. The van der Waals surface area contributed by atoms with Gasteiger partial charge in [-0.2, -0.15) is 5.10 Å². The van der Waals surface area contributed by atoms with Crippen molar-refractivity contribution in [2.75, 3.05) is 13.2 Å². The second kappa shape index (κ2) is 8.01. The number of fused-ring (bicyclic) bond motifs is 1. The number of hydrogen-bond acceptors (Lipinski definition) is 6. The lowest BCUT2D eigenvalue weighted by Gasteiger charge is -2.08. The van der Waals surface area contributed by atoms with Gasteiger partial charge < -0.3 is 9.47 Å². The molecule has 0 aliphatic carbocycles. The number of nitrogens with zero attached hydrogens (tertiary/aromatic N) is 4. The maximum absolute atomic E-state index is 12.3. The lowest BCUT2D eigenvalue weighted by atomic mass is 10.3. The summed E-state index contributed by atoms with van der Waals surface area (Å²) >= 11 is 5.79. The number of aromatic nitrogens is 4. The third kappa shape index (κ3) is 4.20. The van der Waals surface area contributed by atoms with Gasteiger partial charge in [-0.05, 0) is 24.3 Å². The van der Waals surface area contributed by atoms with Gasteiger partial charge in [0.2, 0.25) is 0 Å². The number of benzene rings is 1. The van der Waals surface area contributed by atoms with E-state index in [0.717, 1.165) is 0 Å². The van der Waals surface area contributed by atoms with E-state index in [1.165, 1.54) is 21.8 Å². The van der Waals surface area contributed by atoms with Crippen molar-refractivity contribution in [3.8, 4) is 5.75 Å². The van der Waals surface area contributed by atoms with E-state index >= 15 is 0 Å². The topological polar surface area (TPSA) is 88.2 Å². The molecular weight excluding hydrogens is 360 g/mol. The first kappa shape index (κ1) is 17.9. The molecule has 8 nitrogen and oxygen atoms in total. The van der Waals surface area contributed by atoms with Gasteiger partial charge in [0.25, 0.3) is 5.56 Å². The van der Waals surface area contributed by atoms with Gasteiger partial charge in [0.1, 0.15) is 24.3 Å². The Balaban J connectivity index is 1.45. The average molecular weight is 377 g/mol. The molecule has 0 fully saturated rings. The third-order valence-electron chi connectivity index (χ3n) is 3.70. The molecule has 0 unspecified atom stereocenters. The van der Waals surface area contributed by atoms with Crippen LogP contribution in [0.3, 0.4) is 0 Å². The average Bonchev–Trinajstić information content (AvgIpc) is 3.01. The zero-order valence-corrected chi connectivity index (χ0v) is 14.8. The summed E-state index contributed by atoms with van der Waals surface area (Å²) in [6, 6.07) is 6.90. The van der Waals surface area contributed by atoms with E-state index in [0.29, 0.717) is 21.8 Å². The van der Waals surface area contributed by atoms with Crippen molar-refractivity contribution in [2.24, 2.45) is 7.05 Å². The summed E-state index contributed by atoms with van der Waals surface area (Å²) in [6.45, 7) is 0.542. The van der Waals surface area contributed by atoms with Gasteiger partial charge in [-0.1, -0.05) is 11.6 Å². The van der Waals surface area contributed by atoms with Crippen molar-refractivity contribution in [3.05, 3.63) is 52.2 Å². The Kier molecular flexibility index (Phi) is 5.52. The van der Waals surface area contributed by atoms with Crippen LogP contribution in [0, 0.1) is 0 Å². The first-order chi connectivity index (χ1) is 12.5. The summed E-state index contributed by atoms with van der Waals surface area (Å²) in [6.07, 6.45) is 2.94. The number of carbonyl (C=O) groups is 1. The van der Waals surface area contributed by atoms with Crippen LogP contribution in [0.5, 0.6) is 5.75 Å². The quantitative estimate of drug-likeness (QED) is 0.461. The van der Waals surface area contributed by atoms with E-state index in [1.54, 1.807) is 31.3 Å². The Morgan fingerprint density at radius 1 is 1.23 bits per heavy atom. The molecule has 0 saturated carbocycles. The molecular formula is C17H17ClN4O4. The molecule has 26 heavy (non-hydrogen) atoms. The fourth-order valence-corrected chi connectivity index (χ4v) is 2.48. The molecule has 0 N–H and O–H groups in total. The maximum Gasteiger partial charge on any atom is 0.307 e. The van der Waals surface area contributed by atoms with Crippen LogP contribution >= 0.6 is 11.6 Å². The van der Waals surface area contributed by atoms with Gasteiger partial charge in [0.15, 0.2) is 5.65 Å². The number of ether oxygens (including phenoxy) is 2. The van der Waals surface area contributed by atoms with E-state index in [2.05, 4.69) is 10.1 Å². The van der Waals surface area contributed by atoms with E-state index < -0.39 is 5.97 Å². The van der Waals surface area contributed by atoms with E-state index in [1.807, 2.05) is 0 Å². The predicted octanol–water partition coefficient (Wildman–Crippen LogP) is 1.80. The van der Waals surface area contributed by atoms with Crippen molar-refractivity contribution >= 4 is 28.6 Å². The molecule has 0 radical (unpaired) electrons. The van der Waals surface area contributed by atoms with E-state index in [-0.39, 0.29) is 31.7 Å². The van der Waals surface area contributed by atoms with E-state index in [4.69, 9.17) is 21.1 Å². The minimum absolute atomic E-state index is 0.0638. The van der Waals surface area contributed by atoms with Crippen molar-refractivity contribution in [1.82, 2.24) is 19.3 Å². The predicted molar refractivity (Wildman–Crippen MR) is 95.3 cm³/mol. The Hall–Kier alpha value is -2.87. The molecule has 0 amide bonds. The standard InChI is InChI=1S/C17H17ClN4O4/c1-21-16-14(10-20-21)17(24)22(11-19-16)7-6-15(23)26-9-8-25-13-4-2-12(18)3-5-13/h2-5,10-11H,6-9H2,1H3. The minimum Gasteiger partial charge on any atom is -0.490 e. The van der Waals surface area contributed by atoms with Crippen LogP contribution in [0.1, 0.15) is 6.42 Å². The van der Waals surface area contributed by atoms with Gasteiger partial charge in [0.05, 0.1) is 18.9 Å². The van der Waals surface area contributed by atoms with Crippen LogP contribution in [0.15, 0.2) is 41.6 Å². The summed E-state index contributed by atoms with van der Waals surface area (Å²) in [5, 5.41) is 5.04. The molecule has 0 bridgehead atoms. The Morgan fingerprint density at radius 3 is 2.77 bits per heavy atom. The van der Waals surface area contributed by atoms with Crippen LogP contribution in [-0.2, 0) is 23.1 Å². The summed E-state index contributed by atoms with van der Waals surface area (Å²) < 4.78 is 13.4. The summed E-state index contributed by atoms with van der Waals surface area (Å²) in [5.74, 6) is 0.232. The highest BCUT2D eigenvalue weighted by atomic mass is 35.5. The molecule has 3 rings (SSSR count). The van der Waals surface area contributed by atoms with Crippen LogP contribution in [0.2, 0.25) is 5.02 Å². The number of esters is 1. The van der Waals surface area contributed by atoms with Crippen molar-refractivity contribution in [1.29, 1.82) is 0 Å². The highest BCUT2D eigenvalue weighted by Gasteiger charge is 2.10. The van der Waals surface area contributed by atoms with E-state index in [9.17, 15) is 9.59 Å². The Bertz CT molecular complexity index is 965. The summed E-state index contributed by atoms with van der Waals surface area (Å²) in [7, 11) is 1.71. The number of rotatable bonds is 7. The lowest BCUT2D eigenvalue weighted by molar-refractivity contribution is -0.144. The second-order valence-corrected chi connectivity index (χ2v) is 5.96. The fourth-order valence-electron chi connectivity index (χ4n) is 2.36. The third-order valence-corrected chi connectivity index (χ3v) is 3.96. The molecule has 9 heteroatoms. The van der Waals surface area contributed by atoms with Crippen LogP contribution in [0.4, 0.5) is 0 Å². The van der Waals surface area contributed by atoms with Gasteiger partial charge in [0, 0.05) is 18.6 Å². The molecule has 1 aromatic carbocycles. The first-order valence-corrected chi connectivity index (χ1v) is 8.33. The Labute approximate surface area is 153 Å². The molecule has 0 aliphatic rings.